The van der Waals surface area contributed by atoms with Gasteiger partial charge in [0.15, 0.2) is 5.78 Å². The van der Waals surface area contributed by atoms with Crippen molar-refractivity contribution in [1.82, 2.24) is 0 Å². The molecule has 6 heteroatoms. The minimum atomic E-state index is -1.20. The summed E-state index contributed by atoms with van der Waals surface area (Å²) in [5, 5.41) is 9.18. The normalized spacial score (nSPS) is 13.4. The maximum atomic E-state index is 11.9. The monoisotopic (exact) mass is 321 g/mol. The van der Waals surface area contributed by atoms with Crippen LogP contribution in [0.3, 0.4) is 0 Å². The third-order valence-corrected chi connectivity index (χ3v) is 3.54. The molecule has 0 heterocycles. The zero-order valence-electron chi connectivity index (χ0n) is 13.4. The van der Waals surface area contributed by atoms with Crippen molar-refractivity contribution >= 4 is 17.7 Å². The van der Waals surface area contributed by atoms with E-state index in [1.165, 1.54) is 0 Å². The highest BCUT2D eigenvalue weighted by Gasteiger charge is 2.28. The quantitative estimate of drug-likeness (QED) is 0.671. The number of rotatable bonds is 9. The summed E-state index contributed by atoms with van der Waals surface area (Å²) >= 11 is 0. The number of Topliss-reactive ketones (excluding diaryl/α,β-unsaturated/α-hetero) is 1. The second kappa shape index (κ2) is 9.05. The van der Waals surface area contributed by atoms with Gasteiger partial charge in [0, 0.05) is 6.42 Å². The SMILES string of the molecule is CC(C)[C@H](N)C(=O)C[C@H](CC(=O)OCc1ccccc1)C(=O)O. The molecule has 0 aliphatic heterocycles. The van der Waals surface area contributed by atoms with E-state index in [-0.39, 0.29) is 31.1 Å². The van der Waals surface area contributed by atoms with E-state index < -0.39 is 23.9 Å². The maximum absolute atomic E-state index is 11.9. The lowest BCUT2D eigenvalue weighted by atomic mass is 9.91. The molecule has 1 rings (SSSR count). The van der Waals surface area contributed by atoms with Crippen molar-refractivity contribution in [2.45, 2.75) is 39.3 Å². The van der Waals surface area contributed by atoms with Crippen LogP contribution in [-0.4, -0.2) is 28.9 Å². The number of ether oxygens (including phenoxy) is 1. The fraction of sp³-hybridized carbons (Fsp3) is 0.471. The van der Waals surface area contributed by atoms with Gasteiger partial charge in [0.1, 0.15) is 6.61 Å². The van der Waals surface area contributed by atoms with Crippen LogP contribution < -0.4 is 5.73 Å². The van der Waals surface area contributed by atoms with E-state index in [0.29, 0.717) is 0 Å². The molecule has 0 aliphatic carbocycles. The Morgan fingerprint density at radius 3 is 2.26 bits per heavy atom. The Balaban J connectivity index is 2.53. The molecule has 3 N–H and O–H groups in total. The number of carboxylic acid groups (broad SMARTS) is 1. The van der Waals surface area contributed by atoms with E-state index in [0.717, 1.165) is 5.56 Å². The van der Waals surface area contributed by atoms with Gasteiger partial charge in [-0.25, -0.2) is 0 Å². The lowest BCUT2D eigenvalue weighted by Gasteiger charge is -2.17. The Morgan fingerprint density at radius 2 is 1.74 bits per heavy atom. The molecular weight excluding hydrogens is 298 g/mol. The Morgan fingerprint density at radius 1 is 1.13 bits per heavy atom. The molecule has 0 aromatic heterocycles. The topological polar surface area (TPSA) is 107 Å². The van der Waals surface area contributed by atoms with Crippen molar-refractivity contribution in [2.75, 3.05) is 0 Å². The van der Waals surface area contributed by atoms with Crippen LogP contribution >= 0.6 is 0 Å². The van der Waals surface area contributed by atoms with Gasteiger partial charge in [-0.05, 0) is 11.5 Å². The standard InChI is InChI=1S/C17H23NO5/c1-11(2)16(18)14(19)8-13(17(21)22)9-15(20)23-10-12-6-4-3-5-7-12/h3-7,11,13,16H,8-10,18H2,1-2H3,(H,21,22)/t13-,16+/m1/s1. The smallest absolute Gasteiger partial charge is 0.307 e. The van der Waals surface area contributed by atoms with Gasteiger partial charge in [-0.3, -0.25) is 14.4 Å². The number of carbonyl (C=O) groups excluding carboxylic acids is 2. The van der Waals surface area contributed by atoms with Crippen molar-refractivity contribution < 1.29 is 24.2 Å². The van der Waals surface area contributed by atoms with Crippen LogP contribution in [0, 0.1) is 11.8 Å². The van der Waals surface area contributed by atoms with E-state index in [1.807, 2.05) is 18.2 Å². The predicted octanol–water partition coefficient (Wildman–Crippen LogP) is 1.76. The van der Waals surface area contributed by atoms with E-state index in [4.69, 9.17) is 10.5 Å². The van der Waals surface area contributed by atoms with Gasteiger partial charge in [0.2, 0.25) is 0 Å². The van der Waals surface area contributed by atoms with Gasteiger partial charge >= 0.3 is 11.9 Å². The number of carboxylic acids is 1. The molecule has 0 aliphatic rings. The lowest BCUT2D eigenvalue weighted by Crippen LogP contribution is -2.37. The second-order valence-corrected chi connectivity index (χ2v) is 5.83. The molecule has 0 amide bonds. The summed E-state index contributed by atoms with van der Waals surface area (Å²) in [7, 11) is 0. The zero-order chi connectivity index (χ0) is 17.4. The van der Waals surface area contributed by atoms with Crippen molar-refractivity contribution in [3.8, 4) is 0 Å². The summed E-state index contributed by atoms with van der Waals surface area (Å²) in [5.74, 6) is -3.40. The number of nitrogens with two attached hydrogens (primary N) is 1. The van der Waals surface area contributed by atoms with Gasteiger partial charge in [-0.1, -0.05) is 44.2 Å². The van der Waals surface area contributed by atoms with Crippen molar-refractivity contribution in [2.24, 2.45) is 17.6 Å². The highest BCUT2D eigenvalue weighted by molar-refractivity contribution is 5.89. The molecule has 2 atom stereocenters. The molecule has 0 bridgehead atoms. The van der Waals surface area contributed by atoms with E-state index >= 15 is 0 Å². The van der Waals surface area contributed by atoms with Crippen LogP contribution in [0.2, 0.25) is 0 Å². The summed E-state index contributed by atoms with van der Waals surface area (Å²) in [6, 6.07) is 8.34. The van der Waals surface area contributed by atoms with Crippen molar-refractivity contribution in [3.05, 3.63) is 35.9 Å². The third kappa shape index (κ3) is 6.61. The summed E-state index contributed by atoms with van der Waals surface area (Å²) in [6.07, 6.45) is -0.617. The molecule has 0 radical (unpaired) electrons. The van der Waals surface area contributed by atoms with Crippen LogP contribution in [0.5, 0.6) is 0 Å². The number of benzene rings is 1. The van der Waals surface area contributed by atoms with Gasteiger partial charge in [-0.2, -0.15) is 0 Å². The molecule has 0 spiro atoms. The van der Waals surface area contributed by atoms with Gasteiger partial charge in [0.05, 0.1) is 18.4 Å². The third-order valence-electron chi connectivity index (χ3n) is 3.54. The number of hydrogen-bond donors (Lipinski definition) is 2. The molecule has 1 aromatic rings. The minimum Gasteiger partial charge on any atom is -0.481 e. The van der Waals surface area contributed by atoms with Crippen LogP contribution in [0.1, 0.15) is 32.3 Å². The molecule has 0 saturated heterocycles. The van der Waals surface area contributed by atoms with Gasteiger partial charge < -0.3 is 15.6 Å². The second-order valence-electron chi connectivity index (χ2n) is 5.83. The fourth-order valence-electron chi connectivity index (χ4n) is 2.00. The Hall–Kier alpha value is -2.21. The first kappa shape index (κ1) is 18.8. The van der Waals surface area contributed by atoms with Gasteiger partial charge in [0.25, 0.3) is 0 Å². The average molecular weight is 321 g/mol. The fourth-order valence-corrected chi connectivity index (χ4v) is 2.00. The largest absolute Gasteiger partial charge is 0.481 e. The van der Waals surface area contributed by atoms with Crippen LogP contribution in [0.25, 0.3) is 0 Å². The molecular formula is C17H23NO5. The van der Waals surface area contributed by atoms with Crippen LogP contribution in [-0.2, 0) is 25.7 Å². The summed E-state index contributed by atoms with van der Waals surface area (Å²) in [4.78, 5) is 34.9. The Labute approximate surface area is 135 Å². The lowest BCUT2D eigenvalue weighted by molar-refractivity contribution is -0.153. The summed E-state index contributed by atoms with van der Waals surface area (Å²) < 4.78 is 5.05. The molecule has 1 aromatic carbocycles. The van der Waals surface area contributed by atoms with Gasteiger partial charge in [-0.15, -0.1) is 0 Å². The zero-order valence-corrected chi connectivity index (χ0v) is 13.4. The summed E-state index contributed by atoms with van der Waals surface area (Å²) in [5.41, 5.74) is 6.53. The first-order chi connectivity index (χ1) is 10.8. The van der Waals surface area contributed by atoms with E-state index in [9.17, 15) is 19.5 Å². The first-order valence-electron chi connectivity index (χ1n) is 7.52. The predicted molar refractivity (Wildman–Crippen MR) is 84.4 cm³/mol. The Kier molecular flexibility index (Phi) is 7.41. The number of carbonyl (C=O) groups is 3. The molecule has 126 valence electrons. The number of esters is 1. The average Bonchev–Trinajstić information content (AvgIpc) is 2.52. The molecule has 0 saturated carbocycles. The summed E-state index contributed by atoms with van der Waals surface area (Å²) in [6.45, 7) is 3.64. The van der Waals surface area contributed by atoms with Crippen molar-refractivity contribution in [1.29, 1.82) is 0 Å². The minimum absolute atomic E-state index is 0.0749. The molecule has 23 heavy (non-hydrogen) atoms. The van der Waals surface area contributed by atoms with E-state index in [1.54, 1.807) is 26.0 Å². The molecule has 6 nitrogen and oxygen atoms in total. The molecule has 0 unspecified atom stereocenters. The maximum Gasteiger partial charge on any atom is 0.307 e. The number of hydrogen-bond acceptors (Lipinski definition) is 5. The number of ketones is 1. The highest BCUT2D eigenvalue weighted by Crippen LogP contribution is 2.15. The van der Waals surface area contributed by atoms with Crippen LogP contribution in [0.4, 0.5) is 0 Å². The van der Waals surface area contributed by atoms with E-state index in [2.05, 4.69) is 0 Å². The highest BCUT2D eigenvalue weighted by atomic mass is 16.5. The van der Waals surface area contributed by atoms with Crippen LogP contribution in [0.15, 0.2) is 30.3 Å². The first-order valence-corrected chi connectivity index (χ1v) is 7.52. The number of aliphatic carboxylic acids is 1. The molecule has 0 fully saturated rings. The van der Waals surface area contributed by atoms with Crippen molar-refractivity contribution in [3.63, 3.8) is 0 Å². The Bertz CT molecular complexity index is 541.